The van der Waals surface area contributed by atoms with E-state index >= 15 is 0 Å². The van der Waals surface area contributed by atoms with Crippen molar-refractivity contribution in [3.05, 3.63) is 29.8 Å². The summed E-state index contributed by atoms with van der Waals surface area (Å²) in [6.07, 6.45) is 0. The van der Waals surface area contributed by atoms with Gasteiger partial charge in [-0.3, -0.25) is 0 Å². The predicted molar refractivity (Wildman–Crippen MR) is 69.6 cm³/mol. The van der Waals surface area contributed by atoms with Crippen molar-refractivity contribution in [2.24, 2.45) is 0 Å². The third kappa shape index (κ3) is 3.42. The third-order valence-corrected chi connectivity index (χ3v) is 4.37. The number of rotatable bonds is 5. The fourth-order valence-corrected chi connectivity index (χ4v) is 2.63. The van der Waals surface area contributed by atoms with Crippen LogP contribution in [-0.2, 0) is 10.2 Å². The Morgan fingerprint density at radius 3 is 2.65 bits per heavy atom. The molecule has 0 heterocycles. The van der Waals surface area contributed by atoms with Crippen molar-refractivity contribution in [2.75, 3.05) is 19.3 Å². The number of hydrogen-bond acceptors (Lipinski definition) is 3. The van der Waals surface area contributed by atoms with Crippen LogP contribution in [0.1, 0.15) is 25.5 Å². The van der Waals surface area contributed by atoms with Crippen LogP contribution in [-0.4, -0.2) is 26.3 Å². The number of nitrogens with two attached hydrogens (primary N) is 1. The highest BCUT2D eigenvalue weighted by molar-refractivity contribution is 7.87. The molecule has 1 unspecified atom stereocenters. The largest absolute Gasteiger partial charge is 0.399 e. The molecule has 0 saturated heterocycles. The minimum atomic E-state index is -3.43. The van der Waals surface area contributed by atoms with Gasteiger partial charge in [-0.1, -0.05) is 19.1 Å². The van der Waals surface area contributed by atoms with Crippen LogP contribution in [0.4, 0.5) is 5.69 Å². The molecule has 0 radical (unpaired) electrons. The molecule has 0 saturated carbocycles. The maximum Gasteiger partial charge on any atom is 0.279 e. The van der Waals surface area contributed by atoms with E-state index in [9.17, 15) is 8.42 Å². The molecule has 3 N–H and O–H groups in total. The number of hydrogen-bond donors (Lipinski definition) is 2. The molecule has 1 aromatic carbocycles. The minimum absolute atomic E-state index is 0.262. The lowest BCUT2D eigenvalue weighted by Crippen LogP contribution is -2.39. The molecule has 0 aliphatic rings. The normalized spacial score (nSPS) is 13.9. The lowest BCUT2D eigenvalue weighted by atomic mass is 10.1. The van der Waals surface area contributed by atoms with Gasteiger partial charge in [-0.05, 0) is 24.6 Å². The summed E-state index contributed by atoms with van der Waals surface area (Å²) >= 11 is 0. The molecular formula is C11H19N3O2S. The van der Waals surface area contributed by atoms with E-state index in [0.717, 1.165) is 5.56 Å². The van der Waals surface area contributed by atoms with Gasteiger partial charge in [0.05, 0.1) is 0 Å². The fourth-order valence-electron chi connectivity index (χ4n) is 1.52. The second-order valence-electron chi connectivity index (χ2n) is 3.87. The van der Waals surface area contributed by atoms with Gasteiger partial charge in [0.15, 0.2) is 0 Å². The van der Waals surface area contributed by atoms with Gasteiger partial charge in [0, 0.05) is 25.3 Å². The standard InChI is InChI=1S/C11H19N3O2S/c1-4-13-17(15,16)14(3)9(2)10-6-5-7-11(12)8-10/h5-9,13H,4,12H2,1-3H3. The van der Waals surface area contributed by atoms with E-state index in [0.29, 0.717) is 12.2 Å². The summed E-state index contributed by atoms with van der Waals surface area (Å²) in [4.78, 5) is 0. The topological polar surface area (TPSA) is 75.4 Å². The Labute approximate surface area is 103 Å². The van der Waals surface area contributed by atoms with E-state index in [4.69, 9.17) is 5.73 Å². The van der Waals surface area contributed by atoms with Crippen LogP contribution in [0, 0.1) is 0 Å². The van der Waals surface area contributed by atoms with Gasteiger partial charge in [-0.25, -0.2) is 4.72 Å². The SMILES string of the molecule is CCNS(=O)(=O)N(C)C(C)c1cccc(N)c1. The van der Waals surface area contributed by atoms with E-state index in [-0.39, 0.29) is 6.04 Å². The third-order valence-electron chi connectivity index (χ3n) is 2.64. The van der Waals surface area contributed by atoms with Crippen LogP contribution < -0.4 is 10.5 Å². The van der Waals surface area contributed by atoms with Crippen molar-refractivity contribution in [1.82, 2.24) is 9.03 Å². The van der Waals surface area contributed by atoms with Gasteiger partial charge >= 0.3 is 0 Å². The Balaban J connectivity index is 2.94. The Morgan fingerprint density at radius 2 is 2.12 bits per heavy atom. The molecule has 1 atom stereocenters. The summed E-state index contributed by atoms with van der Waals surface area (Å²) in [5.41, 5.74) is 7.18. The van der Waals surface area contributed by atoms with Gasteiger partial charge in [0.2, 0.25) is 0 Å². The number of anilines is 1. The zero-order chi connectivity index (χ0) is 13.1. The first-order valence-corrected chi connectivity index (χ1v) is 6.90. The smallest absolute Gasteiger partial charge is 0.279 e. The molecule has 96 valence electrons. The van der Waals surface area contributed by atoms with Crippen molar-refractivity contribution in [3.63, 3.8) is 0 Å². The van der Waals surface area contributed by atoms with Gasteiger partial charge in [0.25, 0.3) is 10.2 Å². The molecule has 0 aliphatic heterocycles. The van der Waals surface area contributed by atoms with E-state index in [1.54, 1.807) is 26.1 Å². The zero-order valence-corrected chi connectivity index (χ0v) is 11.2. The highest BCUT2D eigenvalue weighted by atomic mass is 32.2. The second-order valence-corrected chi connectivity index (χ2v) is 5.68. The molecule has 0 aromatic heterocycles. The fraction of sp³-hybridized carbons (Fsp3) is 0.455. The van der Waals surface area contributed by atoms with Gasteiger partial charge < -0.3 is 5.73 Å². The van der Waals surface area contributed by atoms with Crippen molar-refractivity contribution >= 4 is 15.9 Å². The zero-order valence-electron chi connectivity index (χ0n) is 10.3. The van der Waals surface area contributed by atoms with Crippen LogP contribution in [0.2, 0.25) is 0 Å². The molecule has 1 rings (SSSR count). The highest BCUT2D eigenvalue weighted by Crippen LogP contribution is 2.22. The van der Waals surface area contributed by atoms with Crippen LogP contribution in [0.25, 0.3) is 0 Å². The maximum atomic E-state index is 11.8. The molecule has 0 spiro atoms. The molecule has 0 fully saturated rings. The summed E-state index contributed by atoms with van der Waals surface area (Å²) in [6.45, 7) is 3.94. The first-order chi connectivity index (χ1) is 7.88. The summed E-state index contributed by atoms with van der Waals surface area (Å²) in [6, 6.07) is 6.97. The number of benzene rings is 1. The maximum absolute atomic E-state index is 11.8. The molecule has 0 amide bonds. The first-order valence-electron chi connectivity index (χ1n) is 5.46. The Kier molecular flexibility index (Phi) is 4.50. The lowest BCUT2D eigenvalue weighted by Gasteiger charge is -2.24. The van der Waals surface area contributed by atoms with Gasteiger partial charge in [-0.2, -0.15) is 12.7 Å². The average molecular weight is 257 g/mol. The minimum Gasteiger partial charge on any atom is -0.399 e. The molecule has 1 aromatic rings. The Morgan fingerprint density at radius 1 is 1.47 bits per heavy atom. The number of nitrogens with one attached hydrogen (secondary N) is 1. The molecule has 17 heavy (non-hydrogen) atoms. The van der Waals surface area contributed by atoms with Gasteiger partial charge in [0.1, 0.15) is 0 Å². The lowest BCUT2D eigenvalue weighted by molar-refractivity contribution is 0.392. The number of nitrogen functional groups attached to an aromatic ring is 1. The first kappa shape index (κ1) is 14.0. The average Bonchev–Trinajstić information content (AvgIpc) is 2.27. The van der Waals surface area contributed by atoms with Crippen molar-refractivity contribution < 1.29 is 8.42 Å². The van der Waals surface area contributed by atoms with Crippen LogP contribution in [0.3, 0.4) is 0 Å². The quantitative estimate of drug-likeness (QED) is 0.776. The molecular weight excluding hydrogens is 238 g/mol. The number of nitrogens with zero attached hydrogens (tertiary/aromatic N) is 1. The van der Waals surface area contributed by atoms with Crippen LogP contribution in [0.15, 0.2) is 24.3 Å². The predicted octanol–water partition coefficient (Wildman–Crippen LogP) is 1.12. The summed E-state index contributed by atoms with van der Waals surface area (Å²) in [5.74, 6) is 0. The van der Waals surface area contributed by atoms with E-state index in [2.05, 4.69) is 4.72 Å². The second kappa shape index (κ2) is 5.48. The van der Waals surface area contributed by atoms with Crippen molar-refractivity contribution in [3.8, 4) is 0 Å². The summed E-state index contributed by atoms with van der Waals surface area (Å²) < 4.78 is 27.4. The van der Waals surface area contributed by atoms with Crippen molar-refractivity contribution in [2.45, 2.75) is 19.9 Å². The Hall–Kier alpha value is -1.11. The summed E-state index contributed by atoms with van der Waals surface area (Å²) in [7, 11) is -1.88. The summed E-state index contributed by atoms with van der Waals surface area (Å²) in [5, 5.41) is 0. The Bertz CT molecular complexity index is 473. The van der Waals surface area contributed by atoms with Gasteiger partial charge in [-0.15, -0.1) is 0 Å². The molecule has 6 heteroatoms. The van der Waals surface area contributed by atoms with E-state index < -0.39 is 10.2 Å². The molecule has 0 aliphatic carbocycles. The van der Waals surface area contributed by atoms with Crippen LogP contribution >= 0.6 is 0 Å². The van der Waals surface area contributed by atoms with Crippen LogP contribution in [0.5, 0.6) is 0 Å². The highest BCUT2D eigenvalue weighted by Gasteiger charge is 2.23. The van der Waals surface area contributed by atoms with Crippen molar-refractivity contribution in [1.29, 1.82) is 0 Å². The molecule has 5 nitrogen and oxygen atoms in total. The monoisotopic (exact) mass is 257 g/mol. The van der Waals surface area contributed by atoms with E-state index in [1.807, 2.05) is 19.1 Å². The molecule has 0 bridgehead atoms. The van der Waals surface area contributed by atoms with E-state index in [1.165, 1.54) is 4.31 Å².